The van der Waals surface area contributed by atoms with Crippen molar-refractivity contribution in [2.24, 2.45) is 0 Å². The van der Waals surface area contributed by atoms with Crippen molar-refractivity contribution < 1.29 is 0 Å². The zero-order chi connectivity index (χ0) is 12.3. The van der Waals surface area contributed by atoms with Crippen molar-refractivity contribution >= 4 is 34.7 Å². The zero-order valence-electron chi connectivity index (χ0n) is 8.95. The fourth-order valence-electron chi connectivity index (χ4n) is 1.42. The Hall–Kier alpha value is -1.45. The number of pyridine rings is 1. The Kier molecular flexibility index (Phi) is 3.71. The number of halogens is 2. The first kappa shape index (κ1) is 12.0. The molecule has 0 saturated carbocycles. The molecule has 1 aromatic heterocycles. The minimum Gasteiger partial charge on any atom is -0.398 e. The Bertz CT molecular complexity index is 529. The van der Waals surface area contributed by atoms with Crippen LogP contribution in [0.4, 0.5) is 11.5 Å². The molecule has 0 saturated heterocycles. The summed E-state index contributed by atoms with van der Waals surface area (Å²) in [7, 11) is 0. The van der Waals surface area contributed by atoms with E-state index in [4.69, 9.17) is 28.9 Å². The highest BCUT2D eigenvalue weighted by molar-refractivity contribution is 6.35. The van der Waals surface area contributed by atoms with Gasteiger partial charge in [-0.1, -0.05) is 41.4 Å². The van der Waals surface area contributed by atoms with Gasteiger partial charge in [0.1, 0.15) is 5.82 Å². The molecule has 88 valence electrons. The first-order chi connectivity index (χ1) is 8.16. The smallest absolute Gasteiger partial charge is 0.145 e. The van der Waals surface area contributed by atoms with E-state index in [1.807, 2.05) is 24.3 Å². The number of benzene rings is 1. The minimum atomic E-state index is 0.493. The van der Waals surface area contributed by atoms with E-state index in [1.165, 1.54) is 0 Å². The number of aromatic nitrogens is 1. The number of nitrogens with two attached hydrogens (primary N) is 1. The van der Waals surface area contributed by atoms with E-state index in [1.54, 1.807) is 12.3 Å². The van der Waals surface area contributed by atoms with Gasteiger partial charge in [0.15, 0.2) is 0 Å². The summed E-state index contributed by atoms with van der Waals surface area (Å²) in [6, 6.07) is 9.28. The van der Waals surface area contributed by atoms with Crippen LogP contribution in [0.1, 0.15) is 5.56 Å². The summed E-state index contributed by atoms with van der Waals surface area (Å²) in [6.45, 7) is 0.570. The van der Waals surface area contributed by atoms with Crippen molar-refractivity contribution in [2.75, 3.05) is 11.1 Å². The van der Waals surface area contributed by atoms with E-state index in [0.717, 1.165) is 11.3 Å². The van der Waals surface area contributed by atoms with Crippen LogP contribution in [0.25, 0.3) is 0 Å². The lowest BCUT2D eigenvalue weighted by molar-refractivity contribution is 1.11. The number of hydrogen-bond acceptors (Lipinski definition) is 3. The number of para-hydroxylation sites is 1. The van der Waals surface area contributed by atoms with Crippen molar-refractivity contribution in [1.82, 2.24) is 4.98 Å². The summed E-state index contributed by atoms with van der Waals surface area (Å²) >= 11 is 11.8. The molecule has 1 aromatic carbocycles. The van der Waals surface area contributed by atoms with E-state index in [9.17, 15) is 0 Å². The Morgan fingerprint density at radius 1 is 1.24 bits per heavy atom. The van der Waals surface area contributed by atoms with Crippen LogP contribution < -0.4 is 11.1 Å². The normalized spacial score (nSPS) is 10.2. The van der Waals surface area contributed by atoms with Gasteiger partial charge in [0.2, 0.25) is 0 Å². The van der Waals surface area contributed by atoms with Crippen LogP contribution >= 0.6 is 23.2 Å². The maximum absolute atomic E-state index is 5.99. The van der Waals surface area contributed by atoms with Crippen LogP contribution in [0.15, 0.2) is 36.5 Å². The Morgan fingerprint density at radius 2 is 2.00 bits per heavy atom. The highest BCUT2D eigenvalue weighted by Gasteiger charge is 2.03. The van der Waals surface area contributed by atoms with Gasteiger partial charge < -0.3 is 11.1 Å². The van der Waals surface area contributed by atoms with Crippen molar-refractivity contribution in [2.45, 2.75) is 6.54 Å². The topological polar surface area (TPSA) is 50.9 Å². The molecule has 2 aromatic rings. The number of nitrogens with one attached hydrogen (secondary N) is 1. The fourth-order valence-corrected chi connectivity index (χ4v) is 1.87. The third kappa shape index (κ3) is 3.02. The number of nitrogen functional groups attached to an aromatic ring is 1. The SMILES string of the molecule is Nc1ccccc1CNc1ncc(Cl)cc1Cl. The Morgan fingerprint density at radius 3 is 2.71 bits per heavy atom. The molecule has 3 N–H and O–H groups in total. The highest BCUT2D eigenvalue weighted by atomic mass is 35.5. The standard InChI is InChI=1S/C12H11Cl2N3/c13-9-5-10(14)12(17-7-9)16-6-8-3-1-2-4-11(8)15/h1-5,7H,6,15H2,(H,16,17). The first-order valence-electron chi connectivity index (χ1n) is 5.05. The van der Waals surface area contributed by atoms with Crippen molar-refractivity contribution in [3.8, 4) is 0 Å². The monoisotopic (exact) mass is 267 g/mol. The molecule has 0 atom stereocenters. The van der Waals surface area contributed by atoms with Gasteiger partial charge in [-0.2, -0.15) is 0 Å². The van der Waals surface area contributed by atoms with Crippen LogP contribution in [0.5, 0.6) is 0 Å². The predicted octanol–water partition coefficient (Wildman–Crippen LogP) is 3.58. The average Bonchev–Trinajstić information content (AvgIpc) is 2.30. The minimum absolute atomic E-state index is 0.493. The second-order valence-corrected chi connectivity index (χ2v) is 4.38. The molecule has 17 heavy (non-hydrogen) atoms. The van der Waals surface area contributed by atoms with Gasteiger partial charge >= 0.3 is 0 Å². The van der Waals surface area contributed by atoms with Gasteiger partial charge in [-0.15, -0.1) is 0 Å². The average molecular weight is 268 g/mol. The van der Waals surface area contributed by atoms with Crippen LogP contribution in [0.2, 0.25) is 10.0 Å². The molecule has 3 nitrogen and oxygen atoms in total. The van der Waals surface area contributed by atoms with Gasteiger partial charge in [-0.3, -0.25) is 0 Å². The molecule has 0 radical (unpaired) electrons. The van der Waals surface area contributed by atoms with Crippen molar-refractivity contribution in [1.29, 1.82) is 0 Å². The fraction of sp³-hybridized carbons (Fsp3) is 0.0833. The molecule has 5 heteroatoms. The zero-order valence-corrected chi connectivity index (χ0v) is 10.5. The van der Waals surface area contributed by atoms with Crippen molar-refractivity contribution in [3.05, 3.63) is 52.1 Å². The van der Waals surface area contributed by atoms with Gasteiger partial charge in [-0.25, -0.2) is 4.98 Å². The summed E-state index contributed by atoms with van der Waals surface area (Å²) in [4.78, 5) is 4.11. The summed E-state index contributed by atoms with van der Waals surface area (Å²) in [5.41, 5.74) is 7.57. The molecule has 2 rings (SSSR count). The lowest BCUT2D eigenvalue weighted by atomic mass is 10.2. The lowest BCUT2D eigenvalue weighted by Crippen LogP contribution is -2.04. The molecule has 0 amide bonds. The molecule has 0 aliphatic heterocycles. The molecular formula is C12H11Cl2N3. The third-order valence-corrected chi connectivity index (χ3v) is 2.80. The molecule has 0 aliphatic carbocycles. The third-order valence-electron chi connectivity index (χ3n) is 2.31. The summed E-state index contributed by atoms with van der Waals surface area (Å²) < 4.78 is 0. The van der Waals surface area contributed by atoms with Crippen molar-refractivity contribution in [3.63, 3.8) is 0 Å². The van der Waals surface area contributed by atoms with Crippen LogP contribution in [-0.2, 0) is 6.54 Å². The molecular weight excluding hydrogens is 257 g/mol. The second kappa shape index (κ2) is 5.25. The molecule has 0 bridgehead atoms. The maximum atomic E-state index is 5.99. The first-order valence-corrected chi connectivity index (χ1v) is 5.80. The van der Waals surface area contributed by atoms with Crippen LogP contribution in [-0.4, -0.2) is 4.98 Å². The molecule has 0 spiro atoms. The number of hydrogen-bond donors (Lipinski definition) is 2. The second-order valence-electron chi connectivity index (χ2n) is 3.54. The van der Waals surface area contributed by atoms with Gasteiger partial charge in [0, 0.05) is 18.4 Å². The van der Waals surface area contributed by atoms with Gasteiger partial charge in [0.05, 0.1) is 10.0 Å². The quantitative estimate of drug-likeness (QED) is 0.836. The molecule has 0 fully saturated rings. The number of rotatable bonds is 3. The summed E-state index contributed by atoms with van der Waals surface area (Å²) in [6.07, 6.45) is 1.55. The largest absolute Gasteiger partial charge is 0.398 e. The maximum Gasteiger partial charge on any atom is 0.145 e. The summed E-state index contributed by atoms with van der Waals surface area (Å²) in [5.74, 6) is 0.597. The molecule has 1 heterocycles. The lowest BCUT2D eigenvalue weighted by Gasteiger charge is -2.09. The predicted molar refractivity (Wildman–Crippen MR) is 72.4 cm³/mol. The van der Waals surface area contributed by atoms with E-state index < -0.39 is 0 Å². The Labute approximate surface area is 110 Å². The summed E-state index contributed by atoms with van der Waals surface area (Å²) in [5, 5.41) is 4.12. The van der Waals surface area contributed by atoms with Crippen LogP contribution in [0.3, 0.4) is 0 Å². The number of nitrogens with zero attached hydrogens (tertiary/aromatic N) is 1. The molecule has 0 aliphatic rings. The van der Waals surface area contributed by atoms with E-state index in [2.05, 4.69) is 10.3 Å². The van der Waals surface area contributed by atoms with Crippen LogP contribution in [0, 0.1) is 0 Å². The highest BCUT2D eigenvalue weighted by Crippen LogP contribution is 2.23. The Balaban J connectivity index is 2.10. The van der Waals surface area contributed by atoms with E-state index in [-0.39, 0.29) is 0 Å². The van der Waals surface area contributed by atoms with E-state index >= 15 is 0 Å². The molecule has 0 unspecified atom stereocenters. The van der Waals surface area contributed by atoms with Gasteiger partial charge in [-0.05, 0) is 17.7 Å². The van der Waals surface area contributed by atoms with Gasteiger partial charge in [0.25, 0.3) is 0 Å². The van der Waals surface area contributed by atoms with E-state index in [0.29, 0.717) is 22.4 Å². The number of anilines is 2.